The van der Waals surface area contributed by atoms with Crippen LogP contribution < -0.4 is 10.1 Å². The smallest absolute Gasteiger partial charge is 0.243 e. The molecule has 102 valence electrons. The first-order valence-electron chi connectivity index (χ1n) is 5.90. The van der Waals surface area contributed by atoms with Crippen LogP contribution in [0.2, 0.25) is 5.15 Å². The molecule has 1 aromatic carbocycles. The maximum Gasteiger partial charge on any atom is 0.243 e. The highest BCUT2D eigenvalue weighted by Gasteiger charge is 2.23. The first-order chi connectivity index (χ1) is 9.76. The second-order valence-electron chi connectivity index (χ2n) is 4.08. The number of benzene rings is 1. The quantitative estimate of drug-likeness (QED) is 0.938. The zero-order valence-corrected chi connectivity index (χ0v) is 11.3. The SMILES string of the molecule is COc1ccc(C2=NOC(c3ccc(Cl)nn3)N2)cc1. The Kier molecular flexibility index (Phi) is 3.39. The number of oxime groups is 1. The fraction of sp³-hybridized carbons (Fsp3) is 0.154. The standard InChI is InChI=1S/C13H11ClN4O2/c1-19-9-4-2-8(3-5-9)12-15-13(20-18-12)10-6-7-11(14)17-16-10/h2-7,13H,1H3,(H,15,18). The molecule has 2 heterocycles. The maximum absolute atomic E-state index is 5.70. The molecule has 0 saturated carbocycles. The van der Waals surface area contributed by atoms with E-state index in [9.17, 15) is 0 Å². The largest absolute Gasteiger partial charge is 0.497 e. The molecule has 1 atom stereocenters. The van der Waals surface area contributed by atoms with Crippen LogP contribution in [0, 0.1) is 0 Å². The molecular formula is C13H11ClN4O2. The minimum Gasteiger partial charge on any atom is -0.497 e. The molecule has 1 unspecified atom stereocenters. The number of nitrogens with zero attached hydrogens (tertiary/aromatic N) is 3. The Morgan fingerprint density at radius 2 is 1.95 bits per heavy atom. The van der Waals surface area contributed by atoms with Gasteiger partial charge in [0.05, 0.1) is 7.11 Å². The van der Waals surface area contributed by atoms with Gasteiger partial charge in [0, 0.05) is 5.56 Å². The summed E-state index contributed by atoms with van der Waals surface area (Å²) in [6.07, 6.45) is -0.461. The molecule has 7 heteroatoms. The molecule has 0 spiro atoms. The molecule has 1 aromatic heterocycles. The molecule has 6 nitrogen and oxygen atoms in total. The molecule has 1 aliphatic heterocycles. The topological polar surface area (TPSA) is 68.6 Å². The van der Waals surface area contributed by atoms with Crippen molar-refractivity contribution in [3.63, 3.8) is 0 Å². The fourth-order valence-corrected chi connectivity index (χ4v) is 1.86. The summed E-state index contributed by atoms with van der Waals surface area (Å²) in [5.74, 6) is 1.42. The van der Waals surface area contributed by atoms with Crippen molar-refractivity contribution in [1.29, 1.82) is 0 Å². The molecule has 3 rings (SSSR count). The monoisotopic (exact) mass is 290 g/mol. The normalized spacial score (nSPS) is 17.1. The van der Waals surface area contributed by atoms with Gasteiger partial charge in [0.1, 0.15) is 11.4 Å². The van der Waals surface area contributed by atoms with Gasteiger partial charge in [-0.1, -0.05) is 16.8 Å². The van der Waals surface area contributed by atoms with Gasteiger partial charge in [0.2, 0.25) is 6.23 Å². The Morgan fingerprint density at radius 3 is 2.60 bits per heavy atom. The molecular weight excluding hydrogens is 280 g/mol. The minimum atomic E-state index is -0.461. The van der Waals surface area contributed by atoms with Crippen molar-refractivity contribution in [2.45, 2.75) is 6.23 Å². The van der Waals surface area contributed by atoms with Gasteiger partial charge < -0.3 is 14.9 Å². The van der Waals surface area contributed by atoms with E-state index in [4.69, 9.17) is 21.2 Å². The van der Waals surface area contributed by atoms with Crippen LogP contribution >= 0.6 is 11.6 Å². The van der Waals surface area contributed by atoms with Gasteiger partial charge >= 0.3 is 0 Å². The molecule has 0 amide bonds. The van der Waals surface area contributed by atoms with E-state index in [1.165, 1.54) is 0 Å². The van der Waals surface area contributed by atoms with E-state index in [0.29, 0.717) is 16.7 Å². The number of nitrogens with one attached hydrogen (secondary N) is 1. The third-order valence-corrected chi connectivity index (χ3v) is 3.00. The number of methoxy groups -OCH3 is 1. The Bertz CT molecular complexity index is 628. The van der Waals surface area contributed by atoms with E-state index >= 15 is 0 Å². The zero-order valence-electron chi connectivity index (χ0n) is 10.6. The summed E-state index contributed by atoms with van der Waals surface area (Å²) in [5.41, 5.74) is 1.51. The summed E-state index contributed by atoms with van der Waals surface area (Å²) in [5, 5.41) is 15.2. The van der Waals surface area contributed by atoms with Crippen LogP contribution in [-0.4, -0.2) is 23.1 Å². The van der Waals surface area contributed by atoms with Crippen LogP contribution in [0.1, 0.15) is 17.5 Å². The van der Waals surface area contributed by atoms with E-state index in [2.05, 4.69) is 20.7 Å². The Hall–Kier alpha value is -2.34. The first kappa shape index (κ1) is 12.7. The van der Waals surface area contributed by atoms with Crippen LogP contribution in [0.15, 0.2) is 41.6 Å². The lowest BCUT2D eigenvalue weighted by Crippen LogP contribution is -2.24. The summed E-state index contributed by atoms with van der Waals surface area (Å²) in [6.45, 7) is 0. The highest BCUT2D eigenvalue weighted by molar-refractivity contribution is 6.29. The zero-order chi connectivity index (χ0) is 13.9. The highest BCUT2D eigenvalue weighted by atomic mass is 35.5. The molecule has 0 bridgehead atoms. The molecule has 0 radical (unpaired) electrons. The molecule has 0 fully saturated rings. The van der Waals surface area contributed by atoms with Crippen LogP contribution in [0.4, 0.5) is 0 Å². The van der Waals surface area contributed by atoms with Crippen LogP contribution in [-0.2, 0) is 4.84 Å². The van der Waals surface area contributed by atoms with E-state index in [1.54, 1.807) is 19.2 Å². The number of aromatic nitrogens is 2. The first-order valence-corrected chi connectivity index (χ1v) is 6.28. The predicted molar refractivity (Wildman–Crippen MR) is 73.5 cm³/mol. The number of ether oxygens (including phenoxy) is 1. The number of halogens is 1. The van der Waals surface area contributed by atoms with Crippen LogP contribution in [0.3, 0.4) is 0 Å². The molecule has 2 aromatic rings. The third-order valence-electron chi connectivity index (χ3n) is 2.80. The van der Waals surface area contributed by atoms with Crippen LogP contribution in [0.25, 0.3) is 0 Å². The molecule has 20 heavy (non-hydrogen) atoms. The fourth-order valence-electron chi connectivity index (χ4n) is 1.76. The van der Waals surface area contributed by atoms with Crippen molar-refractivity contribution in [1.82, 2.24) is 15.5 Å². The third kappa shape index (κ3) is 2.50. The van der Waals surface area contributed by atoms with Gasteiger partial charge in [-0.25, -0.2) is 0 Å². The predicted octanol–water partition coefficient (Wildman–Crippen LogP) is 2.12. The lowest BCUT2D eigenvalue weighted by Gasteiger charge is -2.08. The summed E-state index contributed by atoms with van der Waals surface area (Å²) >= 11 is 5.70. The Labute approximate surface area is 120 Å². The Morgan fingerprint density at radius 1 is 1.15 bits per heavy atom. The van der Waals surface area contributed by atoms with Gasteiger partial charge in [0.25, 0.3) is 0 Å². The Balaban J connectivity index is 1.73. The van der Waals surface area contributed by atoms with Crippen molar-refractivity contribution in [3.05, 3.63) is 52.8 Å². The van der Waals surface area contributed by atoms with Crippen molar-refractivity contribution in [3.8, 4) is 5.75 Å². The van der Waals surface area contributed by atoms with Gasteiger partial charge in [-0.05, 0) is 36.4 Å². The van der Waals surface area contributed by atoms with Crippen LogP contribution in [0.5, 0.6) is 5.75 Å². The molecule has 0 aliphatic carbocycles. The molecule has 1 aliphatic rings. The maximum atomic E-state index is 5.70. The van der Waals surface area contributed by atoms with Crippen molar-refractivity contribution >= 4 is 17.4 Å². The van der Waals surface area contributed by atoms with Gasteiger partial charge in [-0.3, -0.25) is 0 Å². The summed E-state index contributed by atoms with van der Waals surface area (Å²) < 4.78 is 5.11. The number of amidine groups is 1. The van der Waals surface area contributed by atoms with E-state index < -0.39 is 6.23 Å². The van der Waals surface area contributed by atoms with E-state index in [0.717, 1.165) is 11.3 Å². The van der Waals surface area contributed by atoms with Crippen molar-refractivity contribution in [2.75, 3.05) is 7.11 Å². The average Bonchev–Trinajstić information content (AvgIpc) is 2.98. The highest BCUT2D eigenvalue weighted by Crippen LogP contribution is 2.20. The number of hydrogen-bond donors (Lipinski definition) is 1. The number of hydrogen-bond acceptors (Lipinski definition) is 6. The van der Waals surface area contributed by atoms with Gasteiger partial charge in [-0.2, -0.15) is 0 Å². The van der Waals surface area contributed by atoms with Gasteiger partial charge in [0.15, 0.2) is 11.0 Å². The van der Waals surface area contributed by atoms with Gasteiger partial charge in [-0.15, -0.1) is 10.2 Å². The lowest BCUT2D eigenvalue weighted by atomic mass is 10.2. The molecule has 1 N–H and O–H groups in total. The van der Waals surface area contributed by atoms with Crippen molar-refractivity contribution < 1.29 is 9.57 Å². The molecule has 0 saturated heterocycles. The average molecular weight is 291 g/mol. The van der Waals surface area contributed by atoms with E-state index in [-0.39, 0.29) is 0 Å². The second kappa shape index (κ2) is 5.34. The van der Waals surface area contributed by atoms with E-state index in [1.807, 2.05) is 24.3 Å². The van der Waals surface area contributed by atoms with Crippen molar-refractivity contribution in [2.24, 2.45) is 5.16 Å². The second-order valence-corrected chi connectivity index (χ2v) is 4.47. The lowest BCUT2D eigenvalue weighted by molar-refractivity contribution is 0.0690. The number of rotatable bonds is 3. The summed E-state index contributed by atoms with van der Waals surface area (Å²) in [6, 6.07) is 10.9. The summed E-state index contributed by atoms with van der Waals surface area (Å²) in [7, 11) is 1.62. The summed E-state index contributed by atoms with van der Waals surface area (Å²) in [4.78, 5) is 5.30. The minimum absolute atomic E-state index is 0.336.